The maximum Gasteiger partial charge on any atom is 0.247 e. The third-order valence-corrected chi connectivity index (χ3v) is 7.37. The highest BCUT2D eigenvalue weighted by molar-refractivity contribution is 6.00. The normalized spacial score (nSPS) is 19.0. The largest absolute Gasteiger partial charge is 0.303 e. The van der Waals surface area contributed by atoms with Crippen molar-refractivity contribution in [1.82, 2.24) is 15.1 Å². The van der Waals surface area contributed by atoms with Gasteiger partial charge in [-0.15, -0.1) is 0 Å². The molecule has 0 unspecified atom stereocenters. The number of hydrogen-bond acceptors (Lipinski definition) is 5. The summed E-state index contributed by atoms with van der Waals surface area (Å²) in [6.45, 7) is 6.26. The number of hydrogen-bond donors (Lipinski definition) is 1. The number of carbonyl (C=O) groups is 3. The fourth-order valence-electron chi connectivity index (χ4n) is 5.24. The number of carbonyl (C=O) groups excluding carboxylic acids is 3. The molecule has 2 amide bonds. The summed E-state index contributed by atoms with van der Waals surface area (Å²) >= 11 is 0. The second-order valence-electron chi connectivity index (χ2n) is 9.79. The van der Waals surface area contributed by atoms with Crippen LogP contribution in [0.2, 0.25) is 0 Å². The Morgan fingerprint density at radius 1 is 0.912 bits per heavy atom. The number of Topliss-reactive ketones (excluding diaryl/α,β-unsaturated/α-hetero) is 1. The van der Waals surface area contributed by atoms with E-state index in [-0.39, 0.29) is 23.4 Å². The van der Waals surface area contributed by atoms with Crippen molar-refractivity contribution in [2.24, 2.45) is 0 Å². The van der Waals surface area contributed by atoms with E-state index in [9.17, 15) is 18.8 Å². The Kier molecular flexibility index (Phi) is 10.2. The molecule has 0 radical (unpaired) electrons. The number of imide groups is 1. The van der Waals surface area contributed by atoms with Crippen molar-refractivity contribution in [3.8, 4) is 0 Å². The van der Waals surface area contributed by atoms with Gasteiger partial charge in [-0.1, -0.05) is 26.2 Å². The van der Waals surface area contributed by atoms with Crippen LogP contribution in [0, 0.1) is 5.82 Å². The maximum atomic E-state index is 13.4. The fraction of sp³-hybridized carbons (Fsp3) is 0.667. The monoisotopic (exact) mass is 473 g/mol. The number of nitrogens with zero attached hydrogens (tertiary/aromatic N) is 2. The molecule has 1 N–H and O–H groups in total. The van der Waals surface area contributed by atoms with E-state index < -0.39 is 5.54 Å². The van der Waals surface area contributed by atoms with Crippen molar-refractivity contribution in [1.29, 1.82) is 0 Å². The molecule has 0 saturated carbocycles. The summed E-state index contributed by atoms with van der Waals surface area (Å²) in [7, 11) is 0. The standard InChI is InChI=1S/C27H40FN3O3/c1-2-3-5-10-25(33)29-26(34)27(31-18-6-4-7-19-31)15-20-30(21-16-27)17-8-9-24(32)22-11-13-23(28)14-12-22/h11-14H,2-10,15-21H2,1H3,(H,29,33,34). The number of nitrogens with one attached hydrogen (secondary N) is 1. The smallest absolute Gasteiger partial charge is 0.247 e. The summed E-state index contributed by atoms with van der Waals surface area (Å²) in [5.41, 5.74) is -0.0641. The zero-order valence-electron chi connectivity index (χ0n) is 20.6. The van der Waals surface area contributed by atoms with Crippen LogP contribution in [0.5, 0.6) is 0 Å². The van der Waals surface area contributed by atoms with Gasteiger partial charge in [-0.2, -0.15) is 0 Å². The zero-order chi connectivity index (χ0) is 24.4. The highest BCUT2D eigenvalue weighted by Crippen LogP contribution is 2.32. The lowest BCUT2D eigenvalue weighted by molar-refractivity contribution is -0.142. The number of benzene rings is 1. The topological polar surface area (TPSA) is 69.7 Å². The summed E-state index contributed by atoms with van der Waals surface area (Å²) in [6, 6.07) is 5.71. The lowest BCUT2D eigenvalue weighted by Crippen LogP contribution is -2.64. The van der Waals surface area contributed by atoms with Crippen LogP contribution in [0.15, 0.2) is 24.3 Å². The molecule has 188 valence electrons. The zero-order valence-corrected chi connectivity index (χ0v) is 20.6. The summed E-state index contributed by atoms with van der Waals surface area (Å²) < 4.78 is 13.1. The van der Waals surface area contributed by atoms with Crippen LogP contribution >= 0.6 is 0 Å². The minimum atomic E-state index is -0.610. The van der Waals surface area contributed by atoms with E-state index >= 15 is 0 Å². The first-order valence-electron chi connectivity index (χ1n) is 13.0. The highest BCUT2D eigenvalue weighted by atomic mass is 19.1. The van der Waals surface area contributed by atoms with E-state index in [1.807, 2.05) is 0 Å². The van der Waals surface area contributed by atoms with Crippen LogP contribution in [-0.4, -0.2) is 65.7 Å². The molecule has 0 spiro atoms. The number of amides is 2. The molecule has 1 aromatic carbocycles. The first-order valence-corrected chi connectivity index (χ1v) is 13.0. The fourth-order valence-corrected chi connectivity index (χ4v) is 5.24. The third kappa shape index (κ3) is 7.19. The molecular formula is C27H40FN3O3. The molecular weight excluding hydrogens is 433 g/mol. The van der Waals surface area contributed by atoms with E-state index in [4.69, 9.17) is 0 Å². The number of likely N-dealkylation sites (tertiary alicyclic amines) is 2. The highest BCUT2D eigenvalue weighted by Gasteiger charge is 2.46. The van der Waals surface area contributed by atoms with Gasteiger partial charge in [0.2, 0.25) is 11.8 Å². The Morgan fingerprint density at radius 3 is 2.24 bits per heavy atom. The molecule has 34 heavy (non-hydrogen) atoms. The Balaban J connectivity index is 1.52. The molecule has 2 aliphatic rings. The molecule has 1 aromatic rings. The lowest BCUT2D eigenvalue weighted by atomic mass is 9.83. The van der Waals surface area contributed by atoms with Gasteiger partial charge >= 0.3 is 0 Å². The number of unbranched alkanes of at least 4 members (excludes halogenated alkanes) is 2. The first-order chi connectivity index (χ1) is 16.4. The van der Waals surface area contributed by atoms with E-state index in [2.05, 4.69) is 22.0 Å². The van der Waals surface area contributed by atoms with Gasteiger partial charge in [-0.3, -0.25) is 24.6 Å². The van der Waals surface area contributed by atoms with Crippen LogP contribution in [0.4, 0.5) is 4.39 Å². The van der Waals surface area contributed by atoms with Crippen LogP contribution in [0.25, 0.3) is 0 Å². The molecule has 7 heteroatoms. The summed E-state index contributed by atoms with van der Waals surface area (Å²) in [6.07, 6.45) is 9.20. The molecule has 3 rings (SSSR count). The predicted molar refractivity (Wildman–Crippen MR) is 131 cm³/mol. The summed E-state index contributed by atoms with van der Waals surface area (Å²) in [4.78, 5) is 42.8. The van der Waals surface area contributed by atoms with Gasteiger partial charge in [0.05, 0.1) is 0 Å². The Morgan fingerprint density at radius 2 is 1.59 bits per heavy atom. The van der Waals surface area contributed by atoms with Gasteiger partial charge in [0, 0.05) is 31.5 Å². The van der Waals surface area contributed by atoms with Crippen LogP contribution in [-0.2, 0) is 9.59 Å². The van der Waals surface area contributed by atoms with Crippen molar-refractivity contribution < 1.29 is 18.8 Å². The minimum absolute atomic E-state index is 0.0284. The minimum Gasteiger partial charge on any atom is -0.303 e. The second-order valence-corrected chi connectivity index (χ2v) is 9.79. The quantitative estimate of drug-likeness (QED) is 0.383. The maximum absolute atomic E-state index is 13.4. The molecule has 2 heterocycles. The molecule has 2 aliphatic heterocycles. The van der Waals surface area contributed by atoms with Crippen molar-refractivity contribution >= 4 is 17.6 Å². The van der Waals surface area contributed by atoms with Crippen molar-refractivity contribution in [3.63, 3.8) is 0 Å². The number of ketones is 1. The average molecular weight is 474 g/mol. The molecule has 6 nitrogen and oxygen atoms in total. The van der Waals surface area contributed by atoms with Crippen LogP contribution < -0.4 is 5.32 Å². The Hall–Kier alpha value is -2.12. The van der Waals surface area contributed by atoms with Crippen LogP contribution in [0.1, 0.15) is 87.9 Å². The van der Waals surface area contributed by atoms with E-state index in [1.54, 1.807) is 0 Å². The average Bonchev–Trinajstić information content (AvgIpc) is 2.85. The Labute approximate surface area is 203 Å². The SMILES string of the molecule is CCCCCC(=O)NC(=O)C1(N2CCCCC2)CCN(CCCC(=O)c2ccc(F)cc2)CC1. The van der Waals surface area contributed by atoms with Gasteiger partial charge in [0.1, 0.15) is 11.4 Å². The number of piperidine rings is 2. The molecule has 0 bridgehead atoms. The van der Waals surface area contributed by atoms with Gasteiger partial charge in [-0.05, 0) is 82.4 Å². The van der Waals surface area contributed by atoms with E-state index in [1.165, 1.54) is 30.7 Å². The first kappa shape index (κ1) is 26.5. The summed E-state index contributed by atoms with van der Waals surface area (Å²) in [5, 5.41) is 2.73. The molecule has 2 saturated heterocycles. The molecule has 0 aliphatic carbocycles. The molecule has 2 fully saturated rings. The molecule has 0 aromatic heterocycles. The second kappa shape index (κ2) is 13.1. The van der Waals surface area contributed by atoms with Gasteiger partial charge in [0.25, 0.3) is 0 Å². The van der Waals surface area contributed by atoms with Crippen molar-refractivity contribution in [3.05, 3.63) is 35.6 Å². The van der Waals surface area contributed by atoms with Gasteiger partial charge < -0.3 is 4.90 Å². The van der Waals surface area contributed by atoms with E-state index in [0.29, 0.717) is 31.2 Å². The number of rotatable bonds is 11. The van der Waals surface area contributed by atoms with Gasteiger partial charge in [-0.25, -0.2) is 4.39 Å². The summed E-state index contributed by atoms with van der Waals surface area (Å²) in [5.74, 6) is -0.590. The molecule has 0 atom stereocenters. The predicted octanol–water partition coefficient (Wildman–Crippen LogP) is 4.33. The van der Waals surface area contributed by atoms with Crippen LogP contribution in [0.3, 0.4) is 0 Å². The Bertz CT molecular complexity index is 813. The van der Waals surface area contributed by atoms with Crippen molar-refractivity contribution in [2.75, 3.05) is 32.7 Å². The number of halogens is 1. The van der Waals surface area contributed by atoms with Gasteiger partial charge in [0.15, 0.2) is 5.78 Å². The third-order valence-electron chi connectivity index (χ3n) is 7.37. The van der Waals surface area contributed by atoms with Crippen molar-refractivity contribution in [2.45, 2.75) is 83.1 Å². The lowest BCUT2D eigenvalue weighted by Gasteiger charge is -2.48. The van der Waals surface area contributed by atoms with E-state index in [0.717, 1.165) is 71.2 Å².